The molecule has 0 aliphatic heterocycles. The molecule has 5 heteroatoms. The fourth-order valence-corrected chi connectivity index (χ4v) is 3.30. The number of nitrogens with two attached hydrogens (primary N) is 1. The van der Waals surface area contributed by atoms with Crippen molar-refractivity contribution in [3.05, 3.63) is 76.1 Å². The first-order valence-electron chi connectivity index (χ1n) is 8.86. The zero-order valence-corrected chi connectivity index (χ0v) is 15.5. The molecule has 0 aliphatic rings. The Kier molecular flexibility index (Phi) is 5.71. The van der Waals surface area contributed by atoms with Gasteiger partial charge in [0.25, 0.3) is 0 Å². The SMILES string of the molecule is COc1ccc2c(C[NH2+]C[C@@H](c3ccccc3)[NH+](C)C)cc(=O)oc2c1. The van der Waals surface area contributed by atoms with E-state index in [-0.39, 0.29) is 5.63 Å². The number of hydrogen-bond donors (Lipinski definition) is 2. The Labute approximate surface area is 153 Å². The lowest BCUT2D eigenvalue weighted by Gasteiger charge is -2.20. The lowest BCUT2D eigenvalue weighted by Crippen LogP contribution is -3.09. The maximum atomic E-state index is 11.9. The molecule has 0 spiro atoms. The van der Waals surface area contributed by atoms with Crippen molar-refractivity contribution in [1.29, 1.82) is 0 Å². The largest absolute Gasteiger partial charge is 0.497 e. The Bertz CT molecular complexity index is 919. The number of likely N-dealkylation sites (N-methyl/N-ethyl adjacent to an activating group) is 1. The van der Waals surface area contributed by atoms with Gasteiger partial charge >= 0.3 is 5.63 Å². The van der Waals surface area contributed by atoms with Crippen molar-refractivity contribution in [3.8, 4) is 5.75 Å². The molecule has 26 heavy (non-hydrogen) atoms. The summed E-state index contributed by atoms with van der Waals surface area (Å²) in [5.74, 6) is 0.683. The smallest absolute Gasteiger partial charge is 0.336 e. The summed E-state index contributed by atoms with van der Waals surface area (Å²) in [7, 11) is 5.94. The summed E-state index contributed by atoms with van der Waals surface area (Å²) in [6.45, 7) is 1.66. The van der Waals surface area contributed by atoms with E-state index in [9.17, 15) is 4.79 Å². The quantitative estimate of drug-likeness (QED) is 0.616. The van der Waals surface area contributed by atoms with Crippen LogP contribution in [0.25, 0.3) is 11.0 Å². The molecule has 1 aromatic heterocycles. The van der Waals surface area contributed by atoms with Crippen LogP contribution in [0.4, 0.5) is 0 Å². The van der Waals surface area contributed by atoms with Gasteiger partial charge in [0.1, 0.15) is 24.4 Å². The first-order valence-corrected chi connectivity index (χ1v) is 8.86. The number of methoxy groups -OCH3 is 1. The number of fused-ring (bicyclic) bond motifs is 1. The first-order chi connectivity index (χ1) is 12.6. The van der Waals surface area contributed by atoms with Crippen LogP contribution in [-0.2, 0) is 6.54 Å². The minimum Gasteiger partial charge on any atom is -0.497 e. The van der Waals surface area contributed by atoms with Crippen LogP contribution in [0.5, 0.6) is 5.75 Å². The van der Waals surface area contributed by atoms with Crippen molar-refractivity contribution in [3.63, 3.8) is 0 Å². The van der Waals surface area contributed by atoms with Crippen LogP contribution in [0.3, 0.4) is 0 Å². The van der Waals surface area contributed by atoms with E-state index in [1.807, 2.05) is 18.2 Å². The van der Waals surface area contributed by atoms with Crippen molar-refractivity contribution in [2.24, 2.45) is 0 Å². The standard InChI is InChI=1S/C21H24N2O3/c1-23(2)19(15-7-5-4-6-8-15)14-22-13-16-11-21(24)26-20-12-17(25-3)9-10-18(16)20/h4-12,19,22H,13-14H2,1-3H3/p+2/t19-/m0/s1. The monoisotopic (exact) mass is 354 g/mol. The number of ether oxygens (including phenoxy) is 1. The molecule has 0 fully saturated rings. The number of benzene rings is 2. The number of nitrogens with one attached hydrogen (secondary N) is 1. The van der Waals surface area contributed by atoms with Crippen molar-refractivity contribution >= 4 is 11.0 Å². The fourth-order valence-electron chi connectivity index (χ4n) is 3.30. The van der Waals surface area contributed by atoms with Crippen molar-refractivity contribution in [2.45, 2.75) is 12.6 Å². The van der Waals surface area contributed by atoms with E-state index in [1.54, 1.807) is 19.2 Å². The highest BCUT2D eigenvalue weighted by Crippen LogP contribution is 2.22. The van der Waals surface area contributed by atoms with Gasteiger partial charge in [-0.2, -0.15) is 0 Å². The molecule has 2 aromatic carbocycles. The third-order valence-corrected chi connectivity index (χ3v) is 4.70. The highest BCUT2D eigenvalue weighted by atomic mass is 16.5. The second-order valence-electron chi connectivity index (χ2n) is 6.72. The van der Waals surface area contributed by atoms with Gasteiger partial charge in [0.2, 0.25) is 0 Å². The second-order valence-corrected chi connectivity index (χ2v) is 6.72. The molecule has 0 bridgehead atoms. The molecular formula is C21H26N2O3+2. The Balaban J connectivity index is 1.78. The predicted molar refractivity (Wildman–Crippen MR) is 102 cm³/mol. The molecule has 0 saturated heterocycles. The minimum absolute atomic E-state index is 0.327. The van der Waals surface area contributed by atoms with Crippen LogP contribution in [0.2, 0.25) is 0 Å². The molecule has 0 amide bonds. The van der Waals surface area contributed by atoms with Gasteiger partial charge in [-0.15, -0.1) is 0 Å². The van der Waals surface area contributed by atoms with Gasteiger partial charge in [0.15, 0.2) is 6.04 Å². The van der Waals surface area contributed by atoms with Gasteiger partial charge in [-0.1, -0.05) is 30.3 Å². The molecule has 5 nitrogen and oxygen atoms in total. The van der Waals surface area contributed by atoms with E-state index < -0.39 is 0 Å². The molecule has 0 unspecified atom stereocenters. The molecule has 3 rings (SSSR count). The van der Waals surface area contributed by atoms with Gasteiger partial charge in [0, 0.05) is 28.6 Å². The first kappa shape index (κ1) is 18.2. The van der Waals surface area contributed by atoms with E-state index in [1.165, 1.54) is 10.5 Å². The van der Waals surface area contributed by atoms with Gasteiger partial charge in [0.05, 0.1) is 21.2 Å². The molecule has 0 saturated carbocycles. The third kappa shape index (κ3) is 4.12. The topological polar surface area (TPSA) is 60.5 Å². The third-order valence-electron chi connectivity index (χ3n) is 4.70. The molecular weight excluding hydrogens is 328 g/mol. The van der Waals surface area contributed by atoms with E-state index in [0.29, 0.717) is 17.4 Å². The lowest BCUT2D eigenvalue weighted by molar-refractivity contribution is -0.910. The van der Waals surface area contributed by atoms with Crippen molar-refractivity contribution in [2.75, 3.05) is 27.7 Å². The Hall–Kier alpha value is -2.63. The van der Waals surface area contributed by atoms with E-state index in [4.69, 9.17) is 9.15 Å². The van der Waals surface area contributed by atoms with Crippen LogP contribution >= 0.6 is 0 Å². The molecule has 136 valence electrons. The zero-order chi connectivity index (χ0) is 18.5. The molecule has 3 N–H and O–H groups in total. The Morgan fingerprint density at radius 2 is 1.88 bits per heavy atom. The predicted octanol–water partition coefficient (Wildman–Crippen LogP) is 0.751. The summed E-state index contributed by atoms with van der Waals surface area (Å²) >= 11 is 0. The van der Waals surface area contributed by atoms with E-state index in [0.717, 1.165) is 24.0 Å². The maximum absolute atomic E-state index is 11.9. The summed E-state index contributed by atoms with van der Waals surface area (Å²) in [6, 6.07) is 18.1. The number of hydrogen-bond acceptors (Lipinski definition) is 3. The Morgan fingerprint density at radius 3 is 2.58 bits per heavy atom. The maximum Gasteiger partial charge on any atom is 0.336 e. The Morgan fingerprint density at radius 1 is 1.12 bits per heavy atom. The number of quaternary nitrogens is 2. The van der Waals surface area contributed by atoms with Gasteiger partial charge in [-0.3, -0.25) is 0 Å². The molecule has 0 aliphatic carbocycles. The molecule has 1 heterocycles. The van der Waals surface area contributed by atoms with Crippen LogP contribution in [0.15, 0.2) is 63.8 Å². The van der Waals surface area contributed by atoms with Crippen LogP contribution in [-0.4, -0.2) is 27.7 Å². The van der Waals surface area contributed by atoms with E-state index in [2.05, 4.69) is 43.7 Å². The average Bonchev–Trinajstić information content (AvgIpc) is 2.64. The summed E-state index contributed by atoms with van der Waals surface area (Å²) in [4.78, 5) is 13.3. The highest BCUT2D eigenvalue weighted by Gasteiger charge is 2.19. The van der Waals surface area contributed by atoms with Crippen LogP contribution in [0, 0.1) is 0 Å². The molecule has 3 aromatic rings. The summed E-state index contributed by atoms with van der Waals surface area (Å²) in [6.07, 6.45) is 0. The highest BCUT2D eigenvalue weighted by molar-refractivity contribution is 5.81. The molecule has 0 radical (unpaired) electrons. The lowest BCUT2D eigenvalue weighted by atomic mass is 10.1. The van der Waals surface area contributed by atoms with Crippen molar-refractivity contribution in [1.82, 2.24) is 0 Å². The summed E-state index contributed by atoms with van der Waals surface area (Å²) < 4.78 is 10.5. The van der Waals surface area contributed by atoms with Gasteiger partial charge in [-0.05, 0) is 12.1 Å². The number of rotatable bonds is 7. The van der Waals surface area contributed by atoms with Gasteiger partial charge < -0.3 is 19.4 Å². The fraction of sp³-hybridized carbons (Fsp3) is 0.286. The normalized spacial score (nSPS) is 12.5. The van der Waals surface area contributed by atoms with Crippen LogP contribution in [0.1, 0.15) is 17.2 Å². The van der Waals surface area contributed by atoms with Gasteiger partial charge in [-0.25, -0.2) is 4.79 Å². The van der Waals surface area contributed by atoms with E-state index >= 15 is 0 Å². The van der Waals surface area contributed by atoms with Crippen LogP contribution < -0.4 is 20.6 Å². The minimum atomic E-state index is -0.327. The average molecular weight is 354 g/mol. The zero-order valence-electron chi connectivity index (χ0n) is 15.5. The van der Waals surface area contributed by atoms with Crippen molar-refractivity contribution < 1.29 is 19.4 Å². The summed E-state index contributed by atoms with van der Waals surface area (Å²) in [5, 5.41) is 3.21. The summed E-state index contributed by atoms with van der Waals surface area (Å²) in [5.41, 5.74) is 2.55. The molecule has 1 atom stereocenters. The second kappa shape index (κ2) is 8.17.